The Hall–Kier alpha value is -1.92. The van der Waals surface area contributed by atoms with Gasteiger partial charge in [0.1, 0.15) is 0 Å². The second-order valence-corrected chi connectivity index (χ2v) is 6.11. The Morgan fingerprint density at radius 1 is 1.08 bits per heavy atom. The van der Waals surface area contributed by atoms with Gasteiger partial charge in [-0.2, -0.15) is 0 Å². The number of esters is 1. The molecule has 0 spiro atoms. The smallest absolute Gasteiger partial charge is 0.307 e. The second kappa shape index (κ2) is 13.3. The molecule has 1 aromatic carbocycles. The number of benzene rings is 1. The number of rotatable bonds is 13. The summed E-state index contributed by atoms with van der Waals surface area (Å²) in [6.07, 6.45) is 2.21. The van der Waals surface area contributed by atoms with Crippen LogP contribution in [-0.4, -0.2) is 61.4 Å². The molecule has 0 saturated heterocycles. The van der Waals surface area contributed by atoms with Gasteiger partial charge >= 0.3 is 5.97 Å². The van der Waals surface area contributed by atoms with E-state index in [9.17, 15) is 9.59 Å². The summed E-state index contributed by atoms with van der Waals surface area (Å²) in [6.45, 7) is 5.41. The molecule has 26 heavy (non-hydrogen) atoms. The molecule has 0 saturated carbocycles. The van der Waals surface area contributed by atoms with E-state index in [-0.39, 0.29) is 31.5 Å². The van der Waals surface area contributed by atoms with Crippen molar-refractivity contribution in [1.29, 1.82) is 0 Å². The van der Waals surface area contributed by atoms with Gasteiger partial charge in [-0.3, -0.25) is 9.59 Å². The van der Waals surface area contributed by atoms with Crippen LogP contribution in [-0.2, 0) is 25.5 Å². The predicted molar refractivity (Wildman–Crippen MR) is 99.9 cm³/mol. The highest BCUT2D eigenvalue weighted by Gasteiger charge is 2.15. The molecule has 0 aliphatic heterocycles. The molecule has 0 aromatic heterocycles. The third-order valence-corrected chi connectivity index (χ3v) is 3.96. The van der Waals surface area contributed by atoms with E-state index in [4.69, 9.17) is 14.6 Å². The second-order valence-electron chi connectivity index (χ2n) is 6.11. The summed E-state index contributed by atoms with van der Waals surface area (Å²) >= 11 is 0. The van der Waals surface area contributed by atoms with Gasteiger partial charge in [0.15, 0.2) is 0 Å². The molecule has 1 aromatic rings. The zero-order valence-electron chi connectivity index (χ0n) is 15.9. The fraction of sp³-hybridized carbons (Fsp3) is 0.600. The molecule has 0 heterocycles. The highest BCUT2D eigenvalue weighted by atomic mass is 16.5. The van der Waals surface area contributed by atoms with Crippen LogP contribution in [0.1, 0.15) is 37.3 Å². The van der Waals surface area contributed by atoms with E-state index in [2.05, 4.69) is 24.3 Å². The molecule has 0 aliphatic carbocycles. The number of nitrogens with zero attached hydrogens (tertiary/aromatic N) is 1. The fourth-order valence-corrected chi connectivity index (χ4v) is 2.52. The summed E-state index contributed by atoms with van der Waals surface area (Å²) in [5, 5.41) is 8.75. The molecule has 0 atom stereocenters. The number of aryl methyl sites for hydroxylation is 2. The molecule has 0 fully saturated rings. The van der Waals surface area contributed by atoms with Gasteiger partial charge < -0.3 is 19.5 Å². The first-order chi connectivity index (χ1) is 12.6. The van der Waals surface area contributed by atoms with Gasteiger partial charge in [0, 0.05) is 19.5 Å². The van der Waals surface area contributed by atoms with Crippen LogP contribution in [0.4, 0.5) is 0 Å². The lowest BCUT2D eigenvalue weighted by atomic mass is 10.1. The molecule has 0 bridgehead atoms. The molecule has 1 N–H and O–H groups in total. The first-order valence-electron chi connectivity index (χ1n) is 9.24. The Morgan fingerprint density at radius 2 is 1.81 bits per heavy atom. The highest BCUT2D eigenvalue weighted by molar-refractivity contribution is 5.77. The lowest BCUT2D eigenvalue weighted by Crippen LogP contribution is -2.36. The average molecular weight is 365 g/mol. The van der Waals surface area contributed by atoms with Crippen molar-refractivity contribution in [3.8, 4) is 0 Å². The Balaban J connectivity index is 2.44. The Labute approximate surface area is 156 Å². The Kier molecular flexibility index (Phi) is 11.3. The minimum Gasteiger partial charge on any atom is -0.466 e. The molecular formula is C20H31NO5. The van der Waals surface area contributed by atoms with Crippen molar-refractivity contribution in [2.75, 3.05) is 39.5 Å². The molecule has 1 rings (SSSR count). The van der Waals surface area contributed by atoms with Gasteiger partial charge in [-0.25, -0.2) is 0 Å². The minimum atomic E-state index is -0.304. The van der Waals surface area contributed by atoms with Gasteiger partial charge in [0.25, 0.3) is 0 Å². The predicted octanol–water partition coefficient (Wildman–Crippen LogP) is 2.11. The van der Waals surface area contributed by atoms with E-state index >= 15 is 0 Å². The summed E-state index contributed by atoms with van der Waals surface area (Å²) in [6, 6.07) is 8.31. The van der Waals surface area contributed by atoms with Crippen molar-refractivity contribution in [3.05, 3.63) is 35.4 Å². The van der Waals surface area contributed by atoms with Crippen molar-refractivity contribution >= 4 is 11.9 Å². The van der Waals surface area contributed by atoms with Crippen LogP contribution in [0.25, 0.3) is 0 Å². The topological polar surface area (TPSA) is 76.1 Å². The molecule has 0 unspecified atom stereocenters. The van der Waals surface area contributed by atoms with Gasteiger partial charge in [-0.1, -0.05) is 29.8 Å². The largest absolute Gasteiger partial charge is 0.466 e. The van der Waals surface area contributed by atoms with Crippen LogP contribution in [0.15, 0.2) is 24.3 Å². The number of hydrogen-bond donors (Lipinski definition) is 1. The Morgan fingerprint density at radius 3 is 2.46 bits per heavy atom. The van der Waals surface area contributed by atoms with Crippen LogP contribution in [0.5, 0.6) is 0 Å². The number of carbonyl (C=O) groups is 2. The summed E-state index contributed by atoms with van der Waals surface area (Å²) in [5.41, 5.74) is 2.44. The van der Waals surface area contributed by atoms with Crippen LogP contribution in [0, 0.1) is 6.92 Å². The van der Waals surface area contributed by atoms with Gasteiger partial charge in [0.2, 0.25) is 5.91 Å². The monoisotopic (exact) mass is 365 g/mol. The van der Waals surface area contributed by atoms with Crippen LogP contribution in [0.2, 0.25) is 0 Å². The van der Waals surface area contributed by atoms with E-state index in [1.165, 1.54) is 11.1 Å². The maximum Gasteiger partial charge on any atom is 0.307 e. The molecule has 0 radical (unpaired) electrons. The normalized spacial score (nSPS) is 10.6. The lowest BCUT2D eigenvalue weighted by Gasteiger charge is -2.22. The maximum atomic E-state index is 12.5. The number of ether oxygens (including phenoxy) is 2. The molecular weight excluding hydrogens is 334 g/mol. The summed E-state index contributed by atoms with van der Waals surface area (Å²) in [5.74, 6) is -0.296. The number of hydrogen-bond acceptors (Lipinski definition) is 5. The summed E-state index contributed by atoms with van der Waals surface area (Å²) in [4.78, 5) is 25.7. The van der Waals surface area contributed by atoms with Crippen molar-refractivity contribution in [1.82, 2.24) is 4.90 Å². The van der Waals surface area contributed by atoms with Gasteiger partial charge in [-0.05, 0) is 32.3 Å². The quantitative estimate of drug-likeness (QED) is 0.428. The van der Waals surface area contributed by atoms with Crippen molar-refractivity contribution in [3.63, 3.8) is 0 Å². The van der Waals surface area contributed by atoms with Gasteiger partial charge in [-0.15, -0.1) is 0 Å². The van der Waals surface area contributed by atoms with Crippen molar-refractivity contribution < 1.29 is 24.2 Å². The molecule has 6 nitrogen and oxygen atoms in total. The van der Waals surface area contributed by atoms with E-state index in [1.54, 1.807) is 11.8 Å². The molecule has 1 amide bonds. The number of carbonyl (C=O) groups excluding carboxylic acids is 2. The van der Waals surface area contributed by atoms with E-state index in [0.717, 1.165) is 12.8 Å². The van der Waals surface area contributed by atoms with Crippen LogP contribution in [0.3, 0.4) is 0 Å². The van der Waals surface area contributed by atoms with Gasteiger partial charge in [0.05, 0.1) is 32.8 Å². The summed E-state index contributed by atoms with van der Waals surface area (Å²) < 4.78 is 10.2. The third kappa shape index (κ3) is 9.53. The summed E-state index contributed by atoms with van der Waals surface area (Å²) in [7, 11) is 0. The first kappa shape index (κ1) is 22.1. The van der Waals surface area contributed by atoms with Crippen LogP contribution < -0.4 is 0 Å². The molecule has 0 aliphatic rings. The molecule has 146 valence electrons. The van der Waals surface area contributed by atoms with Crippen molar-refractivity contribution in [2.45, 2.75) is 39.5 Å². The highest BCUT2D eigenvalue weighted by Crippen LogP contribution is 2.09. The number of amides is 1. The number of aliphatic hydroxyl groups is 1. The zero-order chi connectivity index (χ0) is 19.2. The average Bonchev–Trinajstić information content (AvgIpc) is 2.63. The standard InChI is InChI=1S/C20H31NO5/c1-3-26-20(24)11-12-21(13-15-25-16-14-22)19(23)6-4-5-18-9-7-17(2)8-10-18/h7-10,22H,3-6,11-16H2,1-2H3. The number of aliphatic hydroxyl groups excluding tert-OH is 1. The van der Waals surface area contributed by atoms with Crippen molar-refractivity contribution in [2.24, 2.45) is 0 Å². The Bertz CT molecular complexity index is 530. The SMILES string of the molecule is CCOC(=O)CCN(CCOCCO)C(=O)CCCc1ccc(C)cc1. The first-order valence-corrected chi connectivity index (χ1v) is 9.24. The lowest BCUT2D eigenvalue weighted by molar-refractivity contribution is -0.144. The molecule has 6 heteroatoms. The van der Waals surface area contributed by atoms with Crippen LogP contribution >= 0.6 is 0 Å². The minimum absolute atomic E-state index is 0.00834. The van der Waals surface area contributed by atoms with E-state index in [0.29, 0.717) is 32.7 Å². The zero-order valence-corrected chi connectivity index (χ0v) is 15.9. The third-order valence-electron chi connectivity index (χ3n) is 3.96. The maximum absolute atomic E-state index is 12.5. The van der Waals surface area contributed by atoms with E-state index < -0.39 is 0 Å². The fourth-order valence-electron chi connectivity index (χ4n) is 2.52. The van der Waals surface area contributed by atoms with E-state index in [1.807, 2.05) is 6.92 Å².